The van der Waals surface area contributed by atoms with Gasteiger partial charge in [-0.25, -0.2) is 4.90 Å². The first kappa shape index (κ1) is 17.3. The average Bonchev–Trinajstić information content (AvgIpc) is 2.77. The number of carbonyl (C=O) groups excluding carboxylic acids is 2. The van der Waals surface area contributed by atoms with Gasteiger partial charge in [-0.05, 0) is 26.8 Å². The number of rotatable bonds is 3. The Labute approximate surface area is 144 Å². The predicted molar refractivity (Wildman–Crippen MR) is 87.6 cm³/mol. The molecule has 2 amide bonds. The summed E-state index contributed by atoms with van der Waals surface area (Å²) in [6.45, 7) is 5.10. The van der Waals surface area contributed by atoms with Gasteiger partial charge in [0.15, 0.2) is 6.10 Å². The van der Waals surface area contributed by atoms with Crippen molar-refractivity contribution < 1.29 is 14.3 Å². The minimum Gasteiger partial charge on any atom is -0.474 e. The molecule has 1 aliphatic heterocycles. The molecule has 1 heterocycles. The highest BCUT2D eigenvalue weighted by Crippen LogP contribution is 2.39. The minimum absolute atomic E-state index is 0.0326. The molecule has 7 heteroatoms. The largest absolute Gasteiger partial charge is 0.474 e. The molecule has 1 aromatic carbocycles. The number of allylic oxidation sites excluding steroid dienone is 1. The zero-order valence-electron chi connectivity index (χ0n) is 12.8. The molecule has 2 rings (SSSR count). The molecule has 0 radical (unpaired) electrons. The van der Waals surface area contributed by atoms with Crippen LogP contribution in [0.15, 0.2) is 23.3 Å². The van der Waals surface area contributed by atoms with E-state index in [0.717, 1.165) is 10.5 Å². The Hall–Kier alpha value is -2.03. The standard InChI is InChI=1S/C16H14Cl2N2O3/c1-8(2)10-4-15(21)20(16(10)22)13-6-14(23-9(3)7-19)12(18)5-11(13)17/h5-6,9H,4H2,1-3H3. The van der Waals surface area contributed by atoms with E-state index >= 15 is 0 Å². The van der Waals surface area contributed by atoms with Crippen molar-refractivity contribution >= 4 is 40.7 Å². The zero-order valence-corrected chi connectivity index (χ0v) is 14.3. The van der Waals surface area contributed by atoms with Gasteiger partial charge in [-0.1, -0.05) is 28.8 Å². The van der Waals surface area contributed by atoms with Crippen molar-refractivity contribution in [3.8, 4) is 11.8 Å². The summed E-state index contributed by atoms with van der Waals surface area (Å²) < 4.78 is 5.38. The highest BCUT2D eigenvalue weighted by atomic mass is 35.5. The smallest absolute Gasteiger partial charge is 0.261 e. The maximum atomic E-state index is 12.4. The van der Waals surface area contributed by atoms with E-state index in [1.807, 2.05) is 6.07 Å². The molecule has 1 fully saturated rings. The molecule has 0 spiro atoms. The second-order valence-electron chi connectivity index (χ2n) is 5.31. The Morgan fingerprint density at radius 1 is 1.30 bits per heavy atom. The van der Waals surface area contributed by atoms with Crippen molar-refractivity contribution in [1.82, 2.24) is 0 Å². The van der Waals surface area contributed by atoms with Crippen LogP contribution in [0.1, 0.15) is 27.2 Å². The molecule has 5 nitrogen and oxygen atoms in total. The first-order chi connectivity index (χ1) is 10.8. The van der Waals surface area contributed by atoms with Gasteiger partial charge in [0, 0.05) is 11.6 Å². The molecule has 1 aliphatic rings. The van der Waals surface area contributed by atoms with Crippen LogP contribution in [0.2, 0.25) is 10.0 Å². The number of halogens is 2. The average molecular weight is 353 g/mol. The number of hydrogen-bond donors (Lipinski definition) is 0. The summed E-state index contributed by atoms with van der Waals surface area (Å²) in [7, 11) is 0. The Balaban J connectivity index is 2.50. The summed E-state index contributed by atoms with van der Waals surface area (Å²) in [5.74, 6) is -0.584. The third-order valence-corrected chi connectivity index (χ3v) is 3.97. The van der Waals surface area contributed by atoms with Crippen LogP contribution in [0.5, 0.6) is 5.75 Å². The monoisotopic (exact) mass is 352 g/mol. The molecule has 1 saturated heterocycles. The van der Waals surface area contributed by atoms with Gasteiger partial charge in [-0.3, -0.25) is 9.59 Å². The van der Waals surface area contributed by atoms with Crippen LogP contribution in [0.3, 0.4) is 0 Å². The molecule has 1 aromatic rings. The van der Waals surface area contributed by atoms with E-state index in [1.54, 1.807) is 20.8 Å². The van der Waals surface area contributed by atoms with Crippen molar-refractivity contribution in [3.05, 3.63) is 33.3 Å². The summed E-state index contributed by atoms with van der Waals surface area (Å²) in [6.07, 6.45) is -0.704. The normalized spacial score (nSPS) is 15.7. The van der Waals surface area contributed by atoms with Crippen LogP contribution in [-0.4, -0.2) is 17.9 Å². The first-order valence-corrected chi connectivity index (χ1v) is 7.60. The topological polar surface area (TPSA) is 70.4 Å². The maximum absolute atomic E-state index is 12.4. The number of ether oxygens (including phenoxy) is 1. The van der Waals surface area contributed by atoms with Crippen molar-refractivity contribution in [2.24, 2.45) is 0 Å². The molecule has 23 heavy (non-hydrogen) atoms. The van der Waals surface area contributed by atoms with Gasteiger partial charge < -0.3 is 4.74 Å². The van der Waals surface area contributed by atoms with Gasteiger partial charge >= 0.3 is 0 Å². The molecule has 1 unspecified atom stereocenters. The number of carbonyl (C=O) groups is 2. The molecular formula is C16H14Cl2N2O3. The molecule has 0 saturated carbocycles. The van der Waals surface area contributed by atoms with E-state index < -0.39 is 12.0 Å². The molecule has 0 N–H and O–H groups in total. The van der Waals surface area contributed by atoms with Gasteiger partial charge in [0.2, 0.25) is 5.91 Å². The number of nitrogens with zero attached hydrogens (tertiary/aromatic N) is 2. The second-order valence-corrected chi connectivity index (χ2v) is 6.13. The van der Waals surface area contributed by atoms with Crippen LogP contribution in [0, 0.1) is 11.3 Å². The highest BCUT2D eigenvalue weighted by Gasteiger charge is 2.37. The van der Waals surface area contributed by atoms with E-state index in [-0.39, 0.29) is 33.8 Å². The Kier molecular flexibility index (Phi) is 4.98. The number of imide groups is 1. The molecule has 1 atom stereocenters. The van der Waals surface area contributed by atoms with Crippen LogP contribution in [-0.2, 0) is 9.59 Å². The predicted octanol–water partition coefficient (Wildman–Crippen LogP) is 3.88. The summed E-state index contributed by atoms with van der Waals surface area (Å²) in [6, 6.07) is 4.71. The second kappa shape index (κ2) is 6.61. The van der Waals surface area contributed by atoms with Gasteiger partial charge in [-0.15, -0.1) is 0 Å². The van der Waals surface area contributed by atoms with Gasteiger partial charge in [0.1, 0.15) is 11.8 Å². The summed E-state index contributed by atoms with van der Waals surface area (Å²) in [5, 5.41) is 9.19. The van der Waals surface area contributed by atoms with Crippen LogP contribution < -0.4 is 9.64 Å². The fourth-order valence-electron chi connectivity index (χ4n) is 2.19. The third-order valence-electron chi connectivity index (χ3n) is 3.37. The van der Waals surface area contributed by atoms with E-state index in [9.17, 15) is 9.59 Å². The van der Waals surface area contributed by atoms with Crippen LogP contribution in [0.25, 0.3) is 0 Å². The van der Waals surface area contributed by atoms with Gasteiger partial charge in [0.05, 0.1) is 22.2 Å². The number of amides is 2. The molecule has 120 valence electrons. The van der Waals surface area contributed by atoms with E-state index in [4.69, 9.17) is 33.2 Å². The lowest BCUT2D eigenvalue weighted by Gasteiger charge is -2.18. The lowest BCUT2D eigenvalue weighted by molar-refractivity contribution is -0.120. The van der Waals surface area contributed by atoms with Crippen molar-refractivity contribution in [2.75, 3.05) is 4.90 Å². The zero-order chi connectivity index (χ0) is 17.3. The minimum atomic E-state index is -0.736. The highest BCUT2D eigenvalue weighted by molar-refractivity contribution is 6.39. The Morgan fingerprint density at radius 3 is 2.48 bits per heavy atom. The fourth-order valence-corrected chi connectivity index (χ4v) is 2.70. The van der Waals surface area contributed by atoms with E-state index in [0.29, 0.717) is 5.57 Å². The van der Waals surface area contributed by atoms with Gasteiger partial charge in [0.25, 0.3) is 5.91 Å². The molecular weight excluding hydrogens is 339 g/mol. The summed E-state index contributed by atoms with van der Waals surface area (Å²) >= 11 is 12.2. The molecule has 0 aromatic heterocycles. The fraction of sp³-hybridized carbons (Fsp3) is 0.312. The summed E-state index contributed by atoms with van der Waals surface area (Å²) in [5.41, 5.74) is 1.43. The number of hydrogen-bond acceptors (Lipinski definition) is 4. The Bertz CT molecular complexity index is 761. The van der Waals surface area contributed by atoms with E-state index in [1.165, 1.54) is 12.1 Å². The summed E-state index contributed by atoms with van der Waals surface area (Å²) in [4.78, 5) is 25.7. The lowest BCUT2D eigenvalue weighted by Crippen LogP contribution is -2.29. The quantitative estimate of drug-likeness (QED) is 0.611. The molecule has 0 aliphatic carbocycles. The maximum Gasteiger partial charge on any atom is 0.261 e. The number of anilines is 1. The first-order valence-electron chi connectivity index (χ1n) is 6.85. The van der Waals surface area contributed by atoms with Crippen LogP contribution in [0.4, 0.5) is 5.69 Å². The van der Waals surface area contributed by atoms with Crippen molar-refractivity contribution in [3.63, 3.8) is 0 Å². The van der Waals surface area contributed by atoms with Crippen molar-refractivity contribution in [2.45, 2.75) is 33.3 Å². The van der Waals surface area contributed by atoms with E-state index in [2.05, 4.69) is 0 Å². The van der Waals surface area contributed by atoms with Gasteiger partial charge in [-0.2, -0.15) is 5.26 Å². The third kappa shape index (κ3) is 3.34. The number of benzene rings is 1. The van der Waals surface area contributed by atoms with Crippen molar-refractivity contribution in [1.29, 1.82) is 5.26 Å². The molecule has 0 bridgehead atoms. The SMILES string of the molecule is CC(C)=C1CC(=O)N(c2cc(OC(C)C#N)c(Cl)cc2Cl)C1=O. The number of nitriles is 1. The Morgan fingerprint density at radius 2 is 1.96 bits per heavy atom. The lowest BCUT2D eigenvalue weighted by atomic mass is 10.1. The van der Waals surface area contributed by atoms with Crippen LogP contribution >= 0.6 is 23.2 Å².